The third-order valence-corrected chi connectivity index (χ3v) is 1.89. The highest BCUT2D eigenvalue weighted by molar-refractivity contribution is 7.31. The van der Waals surface area contributed by atoms with Gasteiger partial charge in [0.2, 0.25) is 0 Å². The summed E-state index contributed by atoms with van der Waals surface area (Å²) in [5, 5.41) is 0. The SMILES string of the molecule is CC1CCCCC1.O=[P+](O)O.O=[P+](O)O.O=[P+](O)O.O=[P+](O)O. The molecule has 0 unspecified atom stereocenters. The highest BCUT2D eigenvalue weighted by Crippen LogP contribution is 2.22. The Hall–Kier alpha value is 0.0800. The van der Waals surface area contributed by atoms with Gasteiger partial charge in [0, 0.05) is 18.3 Å². The molecule has 8 N–H and O–H groups in total. The first kappa shape index (κ1) is 30.9. The van der Waals surface area contributed by atoms with Crippen molar-refractivity contribution >= 4 is 33.0 Å². The van der Waals surface area contributed by atoms with Gasteiger partial charge in [0.05, 0.1) is 0 Å². The second kappa shape index (κ2) is 24.3. The van der Waals surface area contributed by atoms with Crippen molar-refractivity contribution in [1.29, 1.82) is 0 Å². The molecule has 0 atom stereocenters. The topological polar surface area (TPSA) is 230 Å². The van der Waals surface area contributed by atoms with E-state index in [-0.39, 0.29) is 0 Å². The molecule has 23 heavy (non-hydrogen) atoms. The summed E-state index contributed by atoms with van der Waals surface area (Å²) in [5.74, 6) is 1.04. The Bertz CT molecular complexity index is 267. The zero-order chi connectivity index (χ0) is 19.4. The summed E-state index contributed by atoms with van der Waals surface area (Å²) in [6.07, 6.45) is 7.44. The second-order valence-electron chi connectivity index (χ2n) is 3.75. The molecule has 0 radical (unpaired) electrons. The van der Waals surface area contributed by atoms with Gasteiger partial charge in [0.25, 0.3) is 0 Å². The largest absolute Gasteiger partial charge is 0.692 e. The molecular weight excluding hydrogens is 400 g/mol. The normalized spacial score (nSPS) is 12.2. The van der Waals surface area contributed by atoms with Crippen LogP contribution in [0.25, 0.3) is 0 Å². The summed E-state index contributed by atoms with van der Waals surface area (Å²) in [6, 6.07) is 0. The number of hydrogen-bond donors (Lipinski definition) is 8. The number of hydrogen-bond acceptors (Lipinski definition) is 4. The fourth-order valence-electron chi connectivity index (χ4n) is 1.31. The highest BCUT2D eigenvalue weighted by Gasteiger charge is 2.05. The molecule has 0 aromatic heterocycles. The van der Waals surface area contributed by atoms with E-state index in [1.807, 2.05) is 0 Å². The third-order valence-electron chi connectivity index (χ3n) is 1.89. The van der Waals surface area contributed by atoms with E-state index in [2.05, 4.69) is 6.92 Å². The first-order chi connectivity index (χ1) is 10.3. The molecule has 138 valence electrons. The molecule has 12 nitrogen and oxygen atoms in total. The van der Waals surface area contributed by atoms with E-state index in [1.54, 1.807) is 0 Å². The van der Waals surface area contributed by atoms with Crippen LogP contribution in [0.3, 0.4) is 0 Å². The molecule has 0 aromatic carbocycles. The lowest BCUT2D eigenvalue weighted by molar-refractivity contribution is 0.385. The van der Waals surface area contributed by atoms with E-state index < -0.39 is 33.0 Å². The molecular formula is C7H22O12P4+4. The first-order valence-corrected chi connectivity index (χ1v) is 10.4. The van der Waals surface area contributed by atoms with Gasteiger partial charge in [-0.3, -0.25) is 0 Å². The van der Waals surface area contributed by atoms with Gasteiger partial charge in [0.15, 0.2) is 0 Å². The van der Waals surface area contributed by atoms with Crippen LogP contribution in [0.5, 0.6) is 0 Å². The van der Waals surface area contributed by atoms with Gasteiger partial charge in [-0.25, -0.2) is 0 Å². The Morgan fingerprint density at radius 3 is 0.826 bits per heavy atom. The molecule has 0 amide bonds. The monoisotopic (exact) mass is 422 g/mol. The van der Waals surface area contributed by atoms with Crippen molar-refractivity contribution in [3.63, 3.8) is 0 Å². The molecule has 0 saturated heterocycles. The molecule has 1 aliphatic carbocycles. The minimum Gasteiger partial charge on any atom is -0.134 e. The van der Waals surface area contributed by atoms with Crippen LogP contribution in [0, 0.1) is 5.92 Å². The molecule has 0 aromatic rings. The van der Waals surface area contributed by atoms with E-state index in [4.69, 9.17) is 57.4 Å². The third kappa shape index (κ3) is 136. The Kier molecular flexibility index (Phi) is 32.7. The maximum atomic E-state index is 8.70. The van der Waals surface area contributed by atoms with Gasteiger partial charge in [-0.1, -0.05) is 39.0 Å². The molecule has 0 bridgehead atoms. The standard InChI is InChI=1S/C7H14.4HO3P/c1-7-5-3-2-4-6-7;4*1-4(2)3/h7H,2-6H2,1H3;4*(H-,1,2,3)/p+4. The first-order valence-electron chi connectivity index (χ1n) is 5.72. The lowest BCUT2D eigenvalue weighted by Crippen LogP contribution is -1.99. The van der Waals surface area contributed by atoms with Crippen LogP contribution in [0.15, 0.2) is 0 Å². The van der Waals surface area contributed by atoms with Crippen molar-refractivity contribution in [1.82, 2.24) is 0 Å². The lowest BCUT2D eigenvalue weighted by atomic mass is 9.91. The zero-order valence-corrected chi connectivity index (χ0v) is 15.7. The van der Waals surface area contributed by atoms with E-state index in [1.165, 1.54) is 32.1 Å². The second-order valence-corrected chi connectivity index (χ2v) is 5.78. The van der Waals surface area contributed by atoms with Crippen LogP contribution in [0.2, 0.25) is 0 Å². The van der Waals surface area contributed by atoms with Crippen molar-refractivity contribution in [2.24, 2.45) is 5.92 Å². The fourth-order valence-corrected chi connectivity index (χ4v) is 1.31. The van der Waals surface area contributed by atoms with Gasteiger partial charge in [-0.15, -0.1) is 39.1 Å². The summed E-state index contributed by atoms with van der Waals surface area (Å²) in [4.78, 5) is 57.0. The molecule has 0 heterocycles. The van der Waals surface area contributed by atoms with Crippen LogP contribution >= 0.6 is 33.0 Å². The van der Waals surface area contributed by atoms with E-state index in [0.717, 1.165) is 5.92 Å². The smallest absolute Gasteiger partial charge is 0.134 e. The quantitative estimate of drug-likeness (QED) is 0.257. The molecule has 0 spiro atoms. The van der Waals surface area contributed by atoms with Gasteiger partial charge in [0.1, 0.15) is 0 Å². The van der Waals surface area contributed by atoms with Crippen molar-refractivity contribution in [2.45, 2.75) is 39.0 Å². The van der Waals surface area contributed by atoms with Crippen molar-refractivity contribution in [2.75, 3.05) is 0 Å². The van der Waals surface area contributed by atoms with Crippen LogP contribution in [0.4, 0.5) is 0 Å². The van der Waals surface area contributed by atoms with E-state index in [9.17, 15) is 0 Å². The Morgan fingerprint density at radius 1 is 0.565 bits per heavy atom. The minimum atomic E-state index is -2.87. The molecule has 1 rings (SSSR count). The van der Waals surface area contributed by atoms with E-state index in [0.29, 0.717) is 0 Å². The minimum absolute atomic E-state index is 1.04. The van der Waals surface area contributed by atoms with Crippen molar-refractivity contribution in [3.05, 3.63) is 0 Å². The van der Waals surface area contributed by atoms with E-state index >= 15 is 0 Å². The summed E-state index contributed by atoms with van der Waals surface area (Å²) in [5.41, 5.74) is 0. The van der Waals surface area contributed by atoms with Crippen LogP contribution in [-0.4, -0.2) is 39.1 Å². The average Bonchev–Trinajstić information content (AvgIpc) is 2.26. The molecule has 1 saturated carbocycles. The Balaban J connectivity index is -0.000000102. The lowest BCUT2D eigenvalue weighted by Gasteiger charge is -2.15. The average molecular weight is 422 g/mol. The summed E-state index contributed by atoms with van der Waals surface area (Å²) in [6.45, 7) is 2.36. The zero-order valence-electron chi connectivity index (χ0n) is 12.1. The molecule has 0 aliphatic heterocycles. The molecule has 16 heteroatoms. The van der Waals surface area contributed by atoms with Gasteiger partial charge in [-0.05, 0) is 5.92 Å². The summed E-state index contributed by atoms with van der Waals surface area (Å²) >= 11 is 0. The van der Waals surface area contributed by atoms with Crippen LogP contribution < -0.4 is 0 Å². The van der Waals surface area contributed by atoms with Gasteiger partial charge < -0.3 is 0 Å². The Labute approximate surface area is 136 Å². The maximum absolute atomic E-state index is 8.70. The predicted octanol–water partition coefficient (Wildman–Crippen LogP) is 1.10. The van der Waals surface area contributed by atoms with Crippen LogP contribution in [0.1, 0.15) is 39.0 Å². The molecule has 1 aliphatic rings. The summed E-state index contributed by atoms with van der Waals surface area (Å²) in [7, 11) is -11.5. The fraction of sp³-hybridized carbons (Fsp3) is 1.00. The predicted molar refractivity (Wildman–Crippen MR) is 80.4 cm³/mol. The Morgan fingerprint density at radius 2 is 0.739 bits per heavy atom. The van der Waals surface area contributed by atoms with Gasteiger partial charge in [-0.2, -0.15) is 0 Å². The maximum Gasteiger partial charge on any atom is 0.692 e. The highest BCUT2D eigenvalue weighted by atomic mass is 31.1. The van der Waals surface area contributed by atoms with Crippen molar-refractivity contribution in [3.8, 4) is 0 Å². The van der Waals surface area contributed by atoms with Crippen LogP contribution in [-0.2, 0) is 18.3 Å². The molecule has 1 fully saturated rings. The van der Waals surface area contributed by atoms with Crippen molar-refractivity contribution < 1.29 is 57.4 Å². The van der Waals surface area contributed by atoms with Gasteiger partial charge >= 0.3 is 33.0 Å². The summed E-state index contributed by atoms with van der Waals surface area (Å²) < 4.78 is 34.8. The number of rotatable bonds is 0.